The van der Waals surface area contributed by atoms with Gasteiger partial charge in [0.05, 0.1) is 0 Å². The Morgan fingerprint density at radius 1 is 0.767 bits per heavy atom. The maximum Gasteiger partial charge on any atom is 0.399 e. The third kappa shape index (κ3) is 14.0. The van der Waals surface area contributed by atoms with E-state index in [0.29, 0.717) is 6.54 Å². The summed E-state index contributed by atoms with van der Waals surface area (Å²) in [6, 6.07) is 4.43. The molecule has 0 fully saturated rings. The Labute approximate surface area is 196 Å². The van der Waals surface area contributed by atoms with Gasteiger partial charge in [-0.15, -0.1) is 4.39 Å². The van der Waals surface area contributed by atoms with Gasteiger partial charge in [0, 0.05) is 64.2 Å². The molecule has 30 heavy (non-hydrogen) atoms. The van der Waals surface area contributed by atoms with Crippen molar-refractivity contribution in [3.05, 3.63) is 0 Å². The van der Waals surface area contributed by atoms with Crippen molar-refractivity contribution >= 4 is 56.8 Å². The minimum Gasteiger partial charge on any atom is -0.318 e. The Balaban J connectivity index is 5.21. The molecule has 0 aliphatic heterocycles. The number of halogens is 1. The number of carbonyl (C=O) groups is 1. The Hall–Kier alpha value is 0.701. The van der Waals surface area contributed by atoms with Gasteiger partial charge in [0.25, 0.3) is 0 Å². The minimum atomic E-state index is -1.31. The fourth-order valence-electron chi connectivity index (χ4n) is 6.24. The van der Waals surface area contributed by atoms with Crippen LogP contribution in [-0.2, 0) is 0 Å². The zero-order chi connectivity index (χ0) is 23.8. The molecule has 2 nitrogen and oxygen atoms in total. The summed E-state index contributed by atoms with van der Waals surface area (Å²) in [4.78, 5) is 12.1. The molecule has 0 aromatic carbocycles. The fourth-order valence-corrected chi connectivity index (χ4v) is 53.0. The van der Waals surface area contributed by atoms with E-state index >= 15 is 0 Å². The average Bonchev–Trinajstić information content (AvgIpc) is 2.49. The topological polar surface area (TPSA) is 20.3 Å². The standard InChI is InChI=1S/C21H54FNOSi6/c1-23(21(22)24)13-12-14-28(8,9)20-30(11,19-27(6)7)16-15-29(10,17-25(2)3)18-26(4)5/h25-27H,12-20H2,1-11H3. The van der Waals surface area contributed by atoms with Crippen molar-refractivity contribution in [2.24, 2.45) is 0 Å². The van der Waals surface area contributed by atoms with Gasteiger partial charge in [0.1, 0.15) is 0 Å². The summed E-state index contributed by atoms with van der Waals surface area (Å²) in [5.41, 5.74) is 6.47. The minimum absolute atomic E-state index is 0.491. The highest BCUT2D eigenvalue weighted by Crippen LogP contribution is 2.36. The maximum atomic E-state index is 12.8. The molecular formula is C21H54FNOSi6. The van der Waals surface area contributed by atoms with E-state index in [2.05, 4.69) is 65.5 Å². The van der Waals surface area contributed by atoms with E-state index in [4.69, 9.17) is 0 Å². The van der Waals surface area contributed by atoms with E-state index in [9.17, 15) is 9.18 Å². The summed E-state index contributed by atoms with van der Waals surface area (Å²) in [7, 11) is -3.56. The molecule has 0 radical (unpaired) electrons. The SMILES string of the molecule is CN(CCC[Si](C)(C)C[Si](C)(CC[Si](C)(C[SiH](C)C)C[SiH](C)C)C[SiH](C)C)C(=O)F. The van der Waals surface area contributed by atoms with Crippen LogP contribution in [0.2, 0.25) is 106 Å². The van der Waals surface area contributed by atoms with Crippen molar-refractivity contribution in [3.63, 3.8) is 0 Å². The number of carbonyl (C=O) groups excluding carboxylic acids is 1. The van der Waals surface area contributed by atoms with Crippen LogP contribution in [0.3, 0.4) is 0 Å². The van der Waals surface area contributed by atoms with Gasteiger partial charge >= 0.3 is 6.16 Å². The summed E-state index contributed by atoms with van der Waals surface area (Å²) in [5.74, 6) is 0. The van der Waals surface area contributed by atoms with Crippen LogP contribution in [0.25, 0.3) is 0 Å². The van der Waals surface area contributed by atoms with Crippen LogP contribution < -0.4 is 0 Å². The number of hydrogen-bond acceptors (Lipinski definition) is 1. The van der Waals surface area contributed by atoms with E-state index < -0.39 is 56.8 Å². The molecule has 0 saturated heterocycles. The van der Waals surface area contributed by atoms with Gasteiger partial charge in [-0.2, -0.15) is 0 Å². The highest BCUT2D eigenvalue weighted by molar-refractivity contribution is 7.01. The van der Waals surface area contributed by atoms with Gasteiger partial charge < -0.3 is 4.90 Å². The first kappa shape index (κ1) is 30.7. The monoisotopic (exact) mass is 523 g/mol. The molecule has 0 spiro atoms. The van der Waals surface area contributed by atoms with Crippen LogP contribution in [0.1, 0.15) is 6.42 Å². The highest BCUT2D eigenvalue weighted by Gasteiger charge is 2.38. The molecule has 0 saturated carbocycles. The summed E-state index contributed by atoms with van der Waals surface area (Å²) in [6.45, 7) is 26.6. The molecule has 0 heterocycles. The predicted molar refractivity (Wildman–Crippen MR) is 155 cm³/mol. The fraction of sp³-hybridized carbons (Fsp3) is 0.952. The quantitative estimate of drug-likeness (QED) is 0.130. The highest BCUT2D eigenvalue weighted by atomic mass is 28.4. The number of rotatable bonds is 15. The second-order valence-electron chi connectivity index (χ2n) is 13.0. The molecule has 0 aromatic heterocycles. The second-order valence-corrected chi connectivity index (χ2v) is 40.8. The van der Waals surface area contributed by atoms with Crippen molar-refractivity contribution < 1.29 is 9.18 Å². The largest absolute Gasteiger partial charge is 0.399 e. The third-order valence-corrected chi connectivity index (χ3v) is 40.6. The third-order valence-electron chi connectivity index (χ3n) is 6.59. The number of nitrogens with zero attached hydrogens (tertiary/aromatic N) is 1. The van der Waals surface area contributed by atoms with Crippen molar-refractivity contribution in [1.82, 2.24) is 4.90 Å². The lowest BCUT2D eigenvalue weighted by atomic mass is 10.4. The van der Waals surface area contributed by atoms with E-state index in [1.54, 1.807) is 41.8 Å². The molecule has 0 aromatic rings. The Morgan fingerprint density at radius 2 is 1.17 bits per heavy atom. The zero-order valence-electron chi connectivity index (χ0n) is 22.3. The van der Waals surface area contributed by atoms with E-state index in [0.717, 1.165) is 6.42 Å². The molecule has 1 amide bonds. The van der Waals surface area contributed by atoms with Crippen molar-refractivity contribution in [2.75, 3.05) is 13.6 Å². The maximum absolute atomic E-state index is 12.8. The summed E-state index contributed by atoms with van der Waals surface area (Å²) >= 11 is 0. The van der Waals surface area contributed by atoms with E-state index in [1.807, 2.05) is 0 Å². The van der Waals surface area contributed by atoms with Crippen molar-refractivity contribution in [2.45, 2.75) is 113 Å². The average molecular weight is 524 g/mol. The van der Waals surface area contributed by atoms with Gasteiger partial charge in [0.2, 0.25) is 0 Å². The van der Waals surface area contributed by atoms with Crippen LogP contribution >= 0.6 is 0 Å². The first-order valence-corrected chi connectivity index (χ1v) is 31.4. The lowest BCUT2D eigenvalue weighted by molar-refractivity contribution is 0.185. The van der Waals surface area contributed by atoms with Gasteiger partial charge in [-0.25, -0.2) is 4.79 Å². The molecule has 180 valence electrons. The lowest BCUT2D eigenvalue weighted by Gasteiger charge is -2.40. The van der Waals surface area contributed by atoms with E-state index in [-0.39, 0.29) is 0 Å². The molecule has 9 heteroatoms. The van der Waals surface area contributed by atoms with Gasteiger partial charge in [-0.05, 0) is 6.42 Å². The van der Waals surface area contributed by atoms with Gasteiger partial charge in [0.15, 0.2) is 0 Å². The molecular weight excluding hydrogens is 470 g/mol. The molecule has 0 aliphatic carbocycles. The molecule has 1 unspecified atom stereocenters. The van der Waals surface area contributed by atoms with Crippen LogP contribution in [0, 0.1) is 0 Å². The van der Waals surface area contributed by atoms with Gasteiger partial charge in [-0.1, -0.05) is 106 Å². The second kappa shape index (κ2) is 13.4. The predicted octanol–water partition coefficient (Wildman–Crippen LogP) is 6.88. The normalized spacial score (nSPS) is 15.2. The lowest BCUT2D eigenvalue weighted by Crippen LogP contribution is -2.46. The summed E-state index contributed by atoms with van der Waals surface area (Å²) in [6.07, 6.45) is -0.314. The number of hydrogen-bond donors (Lipinski definition) is 0. The molecule has 0 N–H and O–H groups in total. The Bertz CT molecular complexity index is 508. The smallest absolute Gasteiger partial charge is 0.318 e. The first-order chi connectivity index (χ1) is 13.5. The van der Waals surface area contributed by atoms with Crippen molar-refractivity contribution in [1.29, 1.82) is 0 Å². The van der Waals surface area contributed by atoms with Gasteiger partial charge in [-0.3, -0.25) is 0 Å². The zero-order valence-corrected chi connectivity index (χ0v) is 28.8. The Kier molecular flexibility index (Phi) is 13.7. The molecule has 0 bridgehead atoms. The van der Waals surface area contributed by atoms with Crippen LogP contribution in [-0.4, -0.2) is 75.3 Å². The van der Waals surface area contributed by atoms with Crippen LogP contribution in [0.4, 0.5) is 9.18 Å². The summed E-state index contributed by atoms with van der Waals surface area (Å²) < 4.78 is 12.8. The van der Waals surface area contributed by atoms with Crippen molar-refractivity contribution in [3.8, 4) is 0 Å². The molecule has 1 atom stereocenters. The summed E-state index contributed by atoms with van der Waals surface area (Å²) in [5, 5.41) is 0. The Morgan fingerprint density at radius 3 is 1.57 bits per heavy atom. The molecule has 0 rings (SSSR count). The first-order valence-electron chi connectivity index (χ1n) is 12.4. The van der Waals surface area contributed by atoms with E-state index in [1.165, 1.54) is 10.9 Å². The van der Waals surface area contributed by atoms with Crippen LogP contribution in [0.15, 0.2) is 0 Å². The van der Waals surface area contributed by atoms with Crippen LogP contribution in [0.5, 0.6) is 0 Å². The molecule has 0 aliphatic rings. The number of amides is 1.